The minimum atomic E-state index is -0.220. The molecule has 4 aromatic rings. The molecule has 2 aromatic carbocycles. The number of hydrogen-bond donors (Lipinski definition) is 2. The number of aryl methyl sites for hydroxylation is 1. The fourth-order valence-electron chi connectivity index (χ4n) is 3.60. The molecule has 0 saturated heterocycles. The van der Waals surface area contributed by atoms with Crippen molar-refractivity contribution in [3.8, 4) is 0 Å². The zero-order chi connectivity index (χ0) is 17.7. The van der Waals surface area contributed by atoms with E-state index in [4.69, 9.17) is 0 Å². The van der Waals surface area contributed by atoms with Crippen LogP contribution in [0.15, 0.2) is 41.2 Å². The average Bonchev–Trinajstić information content (AvgIpc) is 3.30. The van der Waals surface area contributed by atoms with Crippen molar-refractivity contribution in [2.24, 2.45) is 0 Å². The van der Waals surface area contributed by atoms with Crippen LogP contribution in [0.25, 0.3) is 21.9 Å². The molecule has 1 aliphatic rings. The van der Waals surface area contributed by atoms with Gasteiger partial charge < -0.3 is 10.3 Å². The Morgan fingerprint density at radius 1 is 1.04 bits per heavy atom. The smallest absolute Gasteiger partial charge is 0.255 e. The van der Waals surface area contributed by atoms with Crippen LogP contribution in [0.2, 0.25) is 0 Å². The van der Waals surface area contributed by atoms with Gasteiger partial charge in [0.25, 0.3) is 11.5 Å². The van der Waals surface area contributed by atoms with E-state index in [1.165, 1.54) is 0 Å². The third-order valence-electron chi connectivity index (χ3n) is 4.86. The lowest BCUT2D eigenvalue weighted by Crippen LogP contribution is -2.14. The minimum Gasteiger partial charge on any atom is -0.322 e. The fraction of sp³-hybridized carbons (Fsp3) is 0.158. The molecule has 128 valence electrons. The number of rotatable bonds is 2. The van der Waals surface area contributed by atoms with Crippen LogP contribution in [0.3, 0.4) is 0 Å². The number of carbonyl (C=O) groups is 1. The number of amides is 1. The van der Waals surface area contributed by atoms with E-state index >= 15 is 0 Å². The summed E-state index contributed by atoms with van der Waals surface area (Å²) >= 11 is 1.12. The van der Waals surface area contributed by atoms with E-state index in [1.54, 1.807) is 18.2 Å². The van der Waals surface area contributed by atoms with Gasteiger partial charge in [0.1, 0.15) is 11.0 Å². The van der Waals surface area contributed by atoms with Crippen molar-refractivity contribution in [2.45, 2.75) is 19.3 Å². The van der Waals surface area contributed by atoms with Gasteiger partial charge in [-0.15, -0.1) is 0 Å². The van der Waals surface area contributed by atoms with Crippen molar-refractivity contribution in [3.05, 3.63) is 63.4 Å². The second-order valence-corrected chi connectivity index (χ2v) is 6.98. The number of anilines is 1. The Hall–Kier alpha value is -3.06. The lowest BCUT2D eigenvalue weighted by Gasteiger charge is -2.09. The number of fused-ring (bicyclic) bond motifs is 4. The predicted molar refractivity (Wildman–Crippen MR) is 102 cm³/mol. The predicted octanol–water partition coefficient (Wildman–Crippen LogP) is 3.27. The van der Waals surface area contributed by atoms with Gasteiger partial charge in [0, 0.05) is 22.2 Å². The van der Waals surface area contributed by atoms with Gasteiger partial charge in [-0.05, 0) is 55.2 Å². The highest BCUT2D eigenvalue weighted by atomic mass is 32.1. The minimum absolute atomic E-state index is 0.0186. The molecule has 2 heterocycles. The Balaban J connectivity index is 1.50. The maximum absolute atomic E-state index is 12.5. The Morgan fingerprint density at radius 3 is 2.81 bits per heavy atom. The second-order valence-electron chi connectivity index (χ2n) is 6.45. The third-order valence-corrected chi connectivity index (χ3v) is 5.42. The first-order valence-corrected chi connectivity index (χ1v) is 9.13. The largest absolute Gasteiger partial charge is 0.322 e. The summed E-state index contributed by atoms with van der Waals surface area (Å²) < 4.78 is 8.30. The maximum atomic E-state index is 12.5. The van der Waals surface area contributed by atoms with E-state index in [2.05, 4.69) is 19.0 Å². The molecule has 6 nitrogen and oxygen atoms in total. The molecule has 1 aliphatic carbocycles. The van der Waals surface area contributed by atoms with Crippen LogP contribution >= 0.6 is 11.7 Å². The zero-order valence-corrected chi connectivity index (χ0v) is 14.5. The average molecular weight is 362 g/mol. The molecular weight excluding hydrogens is 348 g/mol. The van der Waals surface area contributed by atoms with Crippen LogP contribution in [0.1, 0.15) is 27.9 Å². The Kier molecular flexibility index (Phi) is 3.36. The van der Waals surface area contributed by atoms with Gasteiger partial charge in [-0.2, -0.15) is 8.75 Å². The molecule has 7 heteroatoms. The van der Waals surface area contributed by atoms with Crippen LogP contribution in [-0.4, -0.2) is 19.6 Å². The molecule has 0 saturated carbocycles. The normalized spacial score (nSPS) is 13.2. The maximum Gasteiger partial charge on any atom is 0.255 e. The Bertz CT molecular complexity index is 1240. The van der Waals surface area contributed by atoms with E-state index < -0.39 is 0 Å². The summed E-state index contributed by atoms with van der Waals surface area (Å²) in [5.41, 5.74) is 5.44. The molecular formula is C19H14N4O2S. The zero-order valence-electron chi connectivity index (χ0n) is 13.7. The van der Waals surface area contributed by atoms with Crippen molar-refractivity contribution in [1.29, 1.82) is 0 Å². The van der Waals surface area contributed by atoms with Crippen molar-refractivity contribution < 1.29 is 4.79 Å². The lowest BCUT2D eigenvalue weighted by atomic mass is 10.1. The van der Waals surface area contributed by atoms with Gasteiger partial charge in [0.2, 0.25) is 0 Å². The molecule has 0 atom stereocenters. The summed E-state index contributed by atoms with van der Waals surface area (Å²) in [6, 6.07) is 10.9. The van der Waals surface area contributed by atoms with Gasteiger partial charge in [-0.1, -0.05) is 6.07 Å². The van der Waals surface area contributed by atoms with E-state index in [9.17, 15) is 9.59 Å². The van der Waals surface area contributed by atoms with E-state index in [0.717, 1.165) is 58.5 Å². The van der Waals surface area contributed by atoms with Crippen LogP contribution in [-0.2, 0) is 12.8 Å². The number of hydrogen-bond acceptors (Lipinski definition) is 5. The number of pyridine rings is 1. The van der Waals surface area contributed by atoms with Gasteiger partial charge in [0.15, 0.2) is 0 Å². The molecule has 2 N–H and O–H groups in total. The summed E-state index contributed by atoms with van der Waals surface area (Å²) in [6.45, 7) is 0. The van der Waals surface area contributed by atoms with Crippen molar-refractivity contribution in [1.82, 2.24) is 13.7 Å². The summed E-state index contributed by atoms with van der Waals surface area (Å²) in [5.74, 6) is -0.220. The summed E-state index contributed by atoms with van der Waals surface area (Å²) in [7, 11) is 0. The number of nitrogens with one attached hydrogen (secondary N) is 2. The van der Waals surface area contributed by atoms with Crippen molar-refractivity contribution >= 4 is 45.3 Å². The monoisotopic (exact) mass is 362 g/mol. The number of benzene rings is 2. The molecule has 0 radical (unpaired) electrons. The molecule has 5 rings (SSSR count). The van der Waals surface area contributed by atoms with E-state index in [-0.39, 0.29) is 11.5 Å². The van der Waals surface area contributed by atoms with Crippen molar-refractivity contribution in [2.75, 3.05) is 5.32 Å². The summed E-state index contributed by atoms with van der Waals surface area (Å²) in [4.78, 5) is 27.7. The van der Waals surface area contributed by atoms with Crippen LogP contribution in [0, 0.1) is 0 Å². The van der Waals surface area contributed by atoms with Crippen LogP contribution in [0.5, 0.6) is 0 Å². The Morgan fingerprint density at radius 2 is 1.88 bits per heavy atom. The number of H-pyrrole nitrogens is 1. The first-order chi connectivity index (χ1) is 12.7. The molecule has 1 amide bonds. The molecule has 26 heavy (non-hydrogen) atoms. The highest BCUT2D eigenvalue weighted by Gasteiger charge is 2.18. The number of nitrogens with zero attached hydrogens (tertiary/aromatic N) is 2. The third kappa shape index (κ3) is 2.40. The molecule has 0 spiro atoms. The number of aromatic nitrogens is 3. The fourth-order valence-corrected chi connectivity index (χ4v) is 4.12. The molecule has 0 bridgehead atoms. The summed E-state index contributed by atoms with van der Waals surface area (Å²) in [5, 5.41) is 3.95. The number of aromatic amines is 1. The lowest BCUT2D eigenvalue weighted by molar-refractivity contribution is 0.102. The Labute approximate surface area is 152 Å². The summed E-state index contributed by atoms with van der Waals surface area (Å²) in [6.07, 6.45) is 2.79. The van der Waals surface area contributed by atoms with Crippen LogP contribution < -0.4 is 10.9 Å². The van der Waals surface area contributed by atoms with Crippen molar-refractivity contribution in [3.63, 3.8) is 0 Å². The first-order valence-electron chi connectivity index (χ1n) is 8.40. The quantitative estimate of drug-likeness (QED) is 0.573. The molecule has 0 unspecified atom stereocenters. The van der Waals surface area contributed by atoms with Gasteiger partial charge in [-0.25, -0.2) is 0 Å². The highest BCUT2D eigenvalue weighted by molar-refractivity contribution is 7.00. The number of carbonyl (C=O) groups excluding carboxylic acids is 1. The first kappa shape index (κ1) is 15.2. The van der Waals surface area contributed by atoms with Gasteiger partial charge in [0.05, 0.1) is 17.2 Å². The van der Waals surface area contributed by atoms with Gasteiger partial charge >= 0.3 is 0 Å². The topological polar surface area (TPSA) is 87.7 Å². The molecule has 0 fully saturated rings. The molecule has 0 aliphatic heterocycles. The van der Waals surface area contributed by atoms with Gasteiger partial charge in [-0.3, -0.25) is 9.59 Å². The second kappa shape index (κ2) is 5.74. The van der Waals surface area contributed by atoms with E-state index in [1.807, 2.05) is 18.2 Å². The highest BCUT2D eigenvalue weighted by Crippen LogP contribution is 2.28. The standard InChI is InChI=1S/C19H14N4O2S/c24-18(10-4-7-15-17(8-10)23-26-22-15)20-11-5-6-13-12-2-1-3-14(12)19(25)21-16(13)9-11/h4-9H,1-3H2,(H,20,24)(H,21,25). The van der Waals surface area contributed by atoms with Crippen LogP contribution in [0.4, 0.5) is 5.69 Å². The SMILES string of the molecule is O=C(Nc1ccc2c3c(c(=O)[nH]c2c1)CCC3)c1ccc2nsnc2c1. The molecule has 2 aromatic heterocycles. The van der Waals surface area contributed by atoms with E-state index in [0.29, 0.717) is 16.8 Å².